The Morgan fingerprint density at radius 2 is 1.74 bits per heavy atom. The van der Waals surface area contributed by atoms with Crippen molar-refractivity contribution in [3.05, 3.63) is 57.2 Å². The summed E-state index contributed by atoms with van der Waals surface area (Å²) in [6.45, 7) is 0.685. The third-order valence-electron chi connectivity index (χ3n) is 3.78. The fraction of sp³-hybridized carbons (Fsp3) is 0.300. The highest BCUT2D eigenvalue weighted by Gasteiger charge is 2.08. The van der Waals surface area contributed by atoms with Gasteiger partial charge >= 0.3 is 11.9 Å². The van der Waals surface area contributed by atoms with Gasteiger partial charge in [0, 0.05) is 12.8 Å². The van der Waals surface area contributed by atoms with Gasteiger partial charge in [-0.15, -0.1) is 0 Å². The average molecular weight is 484 g/mol. The number of esters is 1. The third kappa shape index (κ3) is 7.46. The van der Waals surface area contributed by atoms with E-state index in [2.05, 4.69) is 0 Å². The molecular weight excluding hydrogens is 463 g/mol. The topological polar surface area (TPSA) is 93.1 Å². The van der Waals surface area contributed by atoms with E-state index >= 15 is 0 Å². The number of unbranched alkanes of at least 4 members (excludes halogenated alkanes) is 1. The normalized spacial score (nSPS) is 10.4. The molecule has 0 saturated carbocycles. The van der Waals surface area contributed by atoms with Crippen molar-refractivity contribution in [2.45, 2.75) is 25.7 Å². The van der Waals surface area contributed by atoms with Crippen LogP contribution in [-0.4, -0.2) is 35.4 Å². The zero-order valence-electron chi connectivity index (χ0n) is 14.7. The highest BCUT2D eigenvalue weighted by molar-refractivity contribution is 14.1. The number of halogens is 1. The van der Waals surface area contributed by atoms with Crippen molar-refractivity contribution < 1.29 is 29.3 Å². The lowest BCUT2D eigenvalue weighted by atomic mass is 10.1. The minimum Gasteiger partial charge on any atom is -0.507 e. The van der Waals surface area contributed by atoms with Crippen LogP contribution in [0.2, 0.25) is 0 Å². The number of rotatable bonds is 10. The van der Waals surface area contributed by atoms with Gasteiger partial charge in [-0.25, -0.2) is 4.79 Å². The Labute approximate surface area is 171 Å². The van der Waals surface area contributed by atoms with E-state index in [0.29, 0.717) is 37.2 Å². The summed E-state index contributed by atoms with van der Waals surface area (Å²) < 4.78 is 11.6. The van der Waals surface area contributed by atoms with Crippen molar-refractivity contribution >= 4 is 34.5 Å². The smallest absolute Gasteiger partial charge is 0.338 e. The maximum atomic E-state index is 12.1. The average Bonchev–Trinajstić information content (AvgIpc) is 2.64. The van der Waals surface area contributed by atoms with Crippen LogP contribution in [0.5, 0.6) is 11.5 Å². The molecule has 0 aliphatic carbocycles. The minimum absolute atomic E-state index is 0.136. The Hall–Kier alpha value is -2.29. The van der Waals surface area contributed by atoms with Crippen molar-refractivity contribution in [1.82, 2.24) is 0 Å². The fourth-order valence-electron chi connectivity index (χ4n) is 2.31. The SMILES string of the molecule is O=C(O)CCCCOc1ccc(C(=O)OCCc2ccc(O)c(I)c2)cc1. The zero-order chi connectivity index (χ0) is 19.6. The van der Waals surface area contributed by atoms with Gasteiger partial charge in [0.2, 0.25) is 0 Å². The van der Waals surface area contributed by atoms with Crippen LogP contribution in [0, 0.1) is 3.57 Å². The minimum atomic E-state index is -0.807. The Bertz CT molecular complexity index is 773. The van der Waals surface area contributed by atoms with E-state index in [1.807, 2.05) is 28.7 Å². The van der Waals surface area contributed by atoms with E-state index in [9.17, 15) is 14.7 Å². The molecule has 7 heteroatoms. The Morgan fingerprint density at radius 3 is 2.41 bits per heavy atom. The number of carboxylic acid groups (broad SMARTS) is 1. The van der Waals surface area contributed by atoms with Crippen LogP contribution in [-0.2, 0) is 16.0 Å². The van der Waals surface area contributed by atoms with E-state index in [1.165, 1.54) is 0 Å². The lowest BCUT2D eigenvalue weighted by Crippen LogP contribution is -2.08. The Balaban J connectivity index is 1.72. The number of aromatic hydroxyl groups is 1. The predicted molar refractivity (Wildman–Crippen MR) is 108 cm³/mol. The first-order valence-electron chi connectivity index (χ1n) is 8.55. The summed E-state index contributed by atoms with van der Waals surface area (Å²) in [7, 11) is 0. The van der Waals surface area contributed by atoms with Gasteiger partial charge in [-0.2, -0.15) is 0 Å². The molecule has 2 rings (SSSR count). The number of aliphatic carboxylic acids is 1. The number of phenolic OH excluding ortho intramolecular Hbond substituents is 1. The van der Waals surface area contributed by atoms with Crippen LogP contribution in [0.1, 0.15) is 35.2 Å². The first-order valence-corrected chi connectivity index (χ1v) is 9.63. The molecular formula is C20H21IO6. The molecule has 27 heavy (non-hydrogen) atoms. The number of phenols is 1. The van der Waals surface area contributed by atoms with Gasteiger partial charge < -0.3 is 19.7 Å². The van der Waals surface area contributed by atoms with E-state index in [1.54, 1.807) is 36.4 Å². The molecule has 0 spiro atoms. The predicted octanol–water partition coefficient (Wildman–Crippen LogP) is 4.03. The first-order chi connectivity index (χ1) is 13.0. The van der Waals surface area contributed by atoms with Crippen LogP contribution in [0.15, 0.2) is 42.5 Å². The van der Waals surface area contributed by atoms with Gasteiger partial charge in [-0.05, 0) is 77.4 Å². The Kier molecular flexibility index (Phi) is 8.38. The molecule has 2 N–H and O–H groups in total. The van der Waals surface area contributed by atoms with Crippen molar-refractivity contribution in [1.29, 1.82) is 0 Å². The van der Waals surface area contributed by atoms with Crippen LogP contribution in [0.25, 0.3) is 0 Å². The second kappa shape index (κ2) is 10.8. The van der Waals surface area contributed by atoms with Crippen LogP contribution in [0.4, 0.5) is 0 Å². The summed E-state index contributed by atoms with van der Waals surface area (Å²) in [4.78, 5) is 22.5. The van der Waals surface area contributed by atoms with Crippen molar-refractivity contribution in [2.75, 3.05) is 13.2 Å². The number of carbonyl (C=O) groups is 2. The highest BCUT2D eigenvalue weighted by Crippen LogP contribution is 2.20. The van der Waals surface area contributed by atoms with Crippen LogP contribution < -0.4 is 4.74 Å². The standard InChI is InChI=1S/C20H21IO6/c21-17-13-14(4-9-18(17)22)10-12-27-20(25)15-5-7-16(8-6-15)26-11-2-1-3-19(23)24/h4-9,13,22H,1-3,10-12H2,(H,23,24). The molecule has 0 aromatic heterocycles. The van der Waals surface area contributed by atoms with Gasteiger partial charge in [-0.1, -0.05) is 6.07 Å². The first kappa shape index (κ1) is 21.0. The molecule has 0 amide bonds. The van der Waals surface area contributed by atoms with Crippen LogP contribution in [0.3, 0.4) is 0 Å². The number of hydrogen-bond donors (Lipinski definition) is 2. The summed E-state index contributed by atoms with van der Waals surface area (Å²) in [5, 5.41) is 18.1. The summed E-state index contributed by atoms with van der Waals surface area (Å²) in [5.41, 5.74) is 1.42. The molecule has 0 bridgehead atoms. The molecule has 0 unspecified atom stereocenters. The third-order valence-corrected chi connectivity index (χ3v) is 4.64. The van der Waals surface area contributed by atoms with Crippen molar-refractivity contribution in [3.63, 3.8) is 0 Å². The summed E-state index contributed by atoms with van der Waals surface area (Å²) in [6.07, 6.45) is 1.93. The molecule has 2 aromatic rings. The summed E-state index contributed by atoms with van der Waals surface area (Å²) >= 11 is 2.05. The molecule has 0 saturated heterocycles. The fourth-order valence-corrected chi connectivity index (χ4v) is 2.89. The van der Waals surface area contributed by atoms with Gasteiger partial charge in [-0.3, -0.25) is 4.79 Å². The Morgan fingerprint density at radius 1 is 1.00 bits per heavy atom. The largest absolute Gasteiger partial charge is 0.507 e. The van der Waals surface area contributed by atoms with E-state index < -0.39 is 11.9 Å². The zero-order valence-corrected chi connectivity index (χ0v) is 16.8. The van der Waals surface area contributed by atoms with Crippen molar-refractivity contribution in [3.8, 4) is 11.5 Å². The molecule has 0 fully saturated rings. The second-order valence-corrected chi connectivity index (χ2v) is 7.06. The van der Waals surface area contributed by atoms with E-state index in [-0.39, 0.29) is 18.8 Å². The van der Waals surface area contributed by atoms with Crippen LogP contribution >= 0.6 is 22.6 Å². The molecule has 0 radical (unpaired) electrons. The summed E-state index contributed by atoms with van der Waals surface area (Å²) in [5.74, 6) is -0.351. The number of carboxylic acids is 1. The number of ether oxygens (including phenoxy) is 2. The lowest BCUT2D eigenvalue weighted by Gasteiger charge is -2.08. The number of hydrogen-bond acceptors (Lipinski definition) is 5. The monoisotopic (exact) mass is 484 g/mol. The highest BCUT2D eigenvalue weighted by atomic mass is 127. The molecule has 0 atom stereocenters. The second-order valence-electron chi connectivity index (χ2n) is 5.90. The lowest BCUT2D eigenvalue weighted by molar-refractivity contribution is -0.137. The van der Waals surface area contributed by atoms with Gasteiger partial charge in [0.1, 0.15) is 11.5 Å². The van der Waals surface area contributed by atoms with E-state index in [0.717, 1.165) is 9.13 Å². The van der Waals surface area contributed by atoms with Gasteiger partial charge in [0.05, 0.1) is 22.3 Å². The molecule has 0 aliphatic heterocycles. The van der Waals surface area contributed by atoms with Gasteiger partial charge in [0.25, 0.3) is 0 Å². The number of carbonyl (C=O) groups excluding carboxylic acids is 1. The molecule has 0 aliphatic rings. The van der Waals surface area contributed by atoms with E-state index in [4.69, 9.17) is 14.6 Å². The molecule has 0 heterocycles. The van der Waals surface area contributed by atoms with Crippen molar-refractivity contribution in [2.24, 2.45) is 0 Å². The summed E-state index contributed by atoms with van der Waals surface area (Å²) in [6, 6.07) is 11.9. The molecule has 6 nitrogen and oxygen atoms in total. The molecule has 2 aromatic carbocycles. The molecule has 144 valence electrons. The maximum absolute atomic E-state index is 12.1. The van der Waals surface area contributed by atoms with Gasteiger partial charge in [0.15, 0.2) is 0 Å². The number of benzene rings is 2. The maximum Gasteiger partial charge on any atom is 0.338 e. The quantitative estimate of drug-likeness (QED) is 0.301.